The SMILES string of the molecule is CN(C(=O)c1ccc(C2CCN(OC(=O)OC(C)(C)C)CC2)cc1)C1CC1. The first-order chi connectivity index (χ1) is 12.7. The highest BCUT2D eigenvalue weighted by Gasteiger charge is 2.30. The number of hydroxylamine groups is 2. The Morgan fingerprint density at radius 3 is 2.15 bits per heavy atom. The van der Waals surface area contributed by atoms with E-state index in [1.54, 1.807) is 5.06 Å². The first-order valence-corrected chi connectivity index (χ1v) is 9.76. The zero-order valence-corrected chi connectivity index (χ0v) is 16.7. The fourth-order valence-corrected chi connectivity index (χ4v) is 3.38. The van der Waals surface area contributed by atoms with Gasteiger partial charge in [0.15, 0.2) is 0 Å². The fourth-order valence-electron chi connectivity index (χ4n) is 3.38. The van der Waals surface area contributed by atoms with Gasteiger partial charge in [0.05, 0.1) is 0 Å². The van der Waals surface area contributed by atoms with Gasteiger partial charge in [-0.05, 0) is 70.1 Å². The Kier molecular flexibility index (Phi) is 5.75. The monoisotopic (exact) mass is 374 g/mol. The molecule has 1 saturated carbocycles. The van der Waals surface area contributed by atoms with Crippen LogP contribution in [0.1, 0.15) is 68.3 Å². The molecular weight excluding hydrogens is 344 g/mol. The van der Waals surface area contributed by atoms with E-state index in [2.05, 4.69) is 12.1 Å². The summed E-state index contributed by atoms with van der Waals surface area (Å²) in [6.45, 7) is 6.80. The summed E-state index contributed by atoms with van der Waals surface area (Å²) in [7, 11) is 1.88. The van der Waals surface area contributed by atoms with Crippen LogP contribution < -0.4 is 0 Å². The van der Waals surface area contributed by atoms with E-state index in [9.17, 15) is 9.59 Å². The number of ether oxygens (including phenoxy) is 1. The van der Waals surface area contributed by atoms with Gasteiger partial charge in [-0.1, -0.05) is 12.1 Å². The Labute approximate surface area is 161 Å². The summed E-state index contributed by atoms with van der Waals surface area (Å²) in [6.07, 6.45) is 3.38. The number of benzene rings is 1. The fraction of sp³-hybridized carbons (Fsp3) is 0.619. The molecule has 6 nitrogen and oxygen atoms in total. The van der Waals surface area contributed by atoms with Crippen molar-refractivity contribution in [2.45, 2.75) is 64.0 Å². The maximum Gasteiger partial charge on any atom is 0.528 e. The number of nitrogens with zero attached hydrogens (tertiary/aromatic N) is 2. The van der Waals surface area contributed by atoms with Gasteiger partial charge in [-0.3, -0.25) is 4.79 Å². The maximum absolute atomic E-state index is 12.4. The van der Waals surface area contributed by atoms with E-state index in [4.69, 9.17) is 9.57 Å². The highest BCUT2D eigenvalue weighted by molar-refractivity contribution is 5.94. The molecule has 0 spiro atoms. The van der Waals surface area contributed by atoms with Crippen LogP contribution in [0.4, 0.5) is 4.79 Å². The lowest BCUT2D eigenvalue weighted by Gasteiger charge is -2.31. The Morgan fingerprint density at radius 2 is 1.63 bits per heavy atom. The number of piperidine rings is 1. The van der Waals surface area contributed by atoms with Crippen molar-refractivity contribution in [3.8, 4) is 0 Å². The van der Waals surface area contributed by atoms with Gasteiger partial charge in [0.2, 0.25) is 0 Å². The van der Waals surface area contributed by atoms with Crippen molar-refractivity contribution in [2.24, 2.45) is 0 Å². The van der Waals surface area contributed by atoms with E-state index >= 15 is 0 Å². The second-order valence-corrected chi connectivity index (χ2v) is 8.53. The van der Waals surface area contributed by atoms with Crippen LogP contribution in [0.2, 0.25) is 0 Å². The van der Waals surface area contributed by atoms with Gasteiger partial charge >= 0.3 is 6.16 Å². The highest BCUT2D eigenvalue weighted by atomic mass is 16.8. The van der Waals surface area contributed by atoms with Crippen LogP contribution in [0.5, 0.6) is 0 Å². The molecule has 0 N–H and O–H groups in total. The number of carbonyl (C=O) groups excluding carboxylic acids is 2. The summed E-state index contributed by atoms with van der Waals surface area (Å²) in [6, 6.07) is 8.40. The maximum atomic E-state index is 12.4. The predicted octanol–water partition coefficient (Wildman–Crippen LogP) is 3.97. The number of carbonyl (C=O) groups is 2. The second kappa shape index (κ2) is 7.89. The summed E-state index contributed by atoms with van der Waals surface area (Å²) < 4.78 is 5.19. The molecular formula is C21H30N2O4. The van der Waals surface area contributed by atoms with E-state index < -0.39 is 11.8 Å². The van der Waals surface area contributed by atoms with Crippen molar-refractivity contribution >= 4 is 12.1 Å². The highest BCUT2D eigenvalue weighted by Crippen LogP contribution is 2.30. The topological polar surface area (TPSA) is 59.1 Å². The molecule has 2 aliphatic rings. The van der Waals surface area contributed by atoms with E-state index in [1.807, 2.05) is 44.9 Å². The molecule has 1 aromatic rings. The molecule has 1 aromatic carbocycles. The molecule has 0 unspecified atom stereocenters. The Bertz CT molecular complexity index is 668. The predicted molar refractivity (Wildman–Crippen MR) is 102 cm³/mol. The van der Waals surface area contributed by atoms with Gasteiger partial charge in [-0.2, -0.15) is 0 Å². The quantitative estimate of drug-likeness (QED) is 0.747. The molecule has 3 rings (SSSR count). The molecule has 1 aliphatic carbocycles. The number of hydrogen-bond acceptors (Lipinski definition) is 5. The molecule has 27 heavy (non-hydrogen) atoms. The standard InChI is InChI=1S/C21H30N2O4/c1-21(2,3)26-20(25)27-23-13-11-16(12-14-23)15-5-7-17(8-6-15)19(24)22(4)18-9-10-18/h5-8,16,18H,9-14H2,1-4H3. The molecule has 6 heteroatoms. The van der Waals surface area contributed by atoms with Crippen molar-refractivity contribution < 1.29 is 19.2 Å². The summed E-state index contributed by atoms with van der Waals surface area (Å²) in [5, 5.41) is 1.67. The van der Waals surface area contributed by atoms with Crippen LogP contribution in [0.25, 0.3) is 0 Å². The number of rotatable bonds is 4. The first-order valence-electron chi connectivity index (χ1n) is 9.76. The Morgan fingerprint density at radius 1 is 1.04 bits per heavy atom. The van der Waals surface area contributed by atoms with Gasteiger partial charge < -0.3 is 14.5 Å². The van der Waals surface area contributed by atoms with Crippen molar-refractivity contribution in [1.82, 2.24) is 9.96 Å². The van der Waals surface area contributed by atoms with E-state index in [-0.39, 0.29) is 5.91 Å². The van der Waals surface area contributed by atoms with Crippen molar-refractivity contribution in [1.29, 1.82) is 0 Å². The summed E-state index contributed by atoms with van der Waals surface area (Å²) in [4.78, 5) is 31.3. The van der Waals surface area contributed by atoms with Gasteiger partial charge in [0.25, 0.3) is 5.91 Å². The largest absolute Gasteiger partial charge is 0.528 e. The van der Waals surface area contributed by atoms with Crippen LogP contribution in [0.15, 0.2) is 24.3 Å². The molecule has 1 saturated heterocycles. The normalized spacial score (nSPS) is 18.8. The van der Waals surface area contributed by atoms with Gasteiger partial charge in [-0.15, -0.1) is 5.06 Å². The lowest BCUT2D eigenvalue weighted by atomic mass is 9.89. The van der Waals surface area contributed by atoms with Crippen LogP contribution in [0.3, 0.4) is 0 Å². The Hall–Kier alpha value is -2.08. The van der Waals surface area contributed by atoms with E-state index in [0.29, 0.717) is 25.0 Å². The third-order valence-corrected chi connectivity index (χ3v) is 5.09. The molecule has 0 radical (unpaired) electrons. The number of hydrogen-bond donors (Lipinski definition) is 0. The van der Waals surface area contributed by atoms with Gasteiger partial charge in [0, 0.05) is 31.7 Å². The van der Waals surface area contributed by atoms with Crippen molar-refractivity contribution in [3.63, 3.8) is 0 Å². The third-order valence-electron chi connectivity index (χ3n) is 5.09. The minimum Gasteiger partial charge on any atom is -0.427 e. The van der Waals surface area contributed by atoms with E-state index in [1.165, 1.54) is 5.56 Å². The summed E-state index contributed by atoms with van der Waals surface area (Å²) in [5.41, 5.74) is 1.43. The molecule has 0 aromatic heterocycles. The smallest absolute Gasteiger partial charge is 0.427 e. The van der Waals surface area contributed by atoms with Crippen molar-refractivity contribution in [3.05, 3.63) is 35.4 Å². The van der Waals surface area contributed by atoms with E-state index in [0.717, 1.165) is 31.2 Å². The molecule has 2 fully saturated rings. The molecule has 1 aliphatic heterocycles. The van der Waals surface area contributed by atoms with Crippen molar-refractivity contribution in [2.75, 3.05) is 20.1 Å². The molecule has 1 amide bonds. The average molecular weight is 374 g/mol. The summed E-state index contributed by atoms with van der Waals surface area (Å²) in [5.74, 6) is 0.512. The molecule has 0 atom stereocenters. The second-order valence-electron chi connectivity index (χ2n) is 8.53. The van der Waals surface area contributed by atoms with Crippen LogP contribution >= 0.6 is 0 Å². The van der Waals surface area contributed by atoms with Crippen LogP contribution in [0, 0.1) is 0 Å². The Balaban J connectivity index is 1.49. The van der Waals surface area contributed by atoms with Gasteiger partial charge in [-0.25, -0.2) is 4.79 Å². The third kappa shape index (κ3) is 5.45. The zero-order chi connectivity index (χ0) is 19.6. The minimum atomic E-state index is -0.649. The van der Waals surface area contributed by atoms with Crippen LogP contribution in [-0.4, -0.2) is 53.8 Å². The molecule has 148 valence electrons. The average Bonchev–Trinajstić information content (AvgIpc) is 3.45. The van der Waals surface area contributed by atoms with Gasteiger partial charge in [0.1, 0.15) is 5.60 Å². The number of amides is 1. The minimum absolute atomic E-state index is 0.102. The zero-order valence-electron chi connectivity index (χ0n) is 16.7. The lowest BCUT2D eigenvalue weighted by molar-refractivity contribution is -0.152. The van der Waals surface area contributed by atoms with Crippen LogP contribution in [-0.2, 0) is 9.57 Å². The summed E-state index contributed by atoms with van der Waals surface area (Å²) >= 11 is 0. The lowest BCUT2D eigenvalue weighted by Crippen LogP contribution is -2.37. The first kappa shape index (κ1) is 19.7. The molecule has 1 heterocycles. The molecule has 0 bridgehead atoms.